The van der Waals surface area contributed by atoms with Gasteiger partial charge in [-0.05, 0) is 36.0 Å². The van der Waals surface area contributed by atoms with Gasteiger partial charge in [-0.25, -0.2) is 0 Å². The molecule has 0 amide bonds. The van der Waals surface area contributed by atoms with Crippen LogP contribution in [-0.2, 0) is 0 Å². The van der Waals surface area contributed by atoms with Crippen molar-refractivity contribution < 1.29 is 0 Å². The molecule has 0 aliphatic rings. The maximum Gasteiger partial charge on any atom is 0.0397 e. The van der Waals surface area contributed by atoms with Gasteiger partial charge in [-0.3, -0.25) is 0 Å². The zero-order chi connectivity index (χ0) is 13.0. The molecule has 0 aliphatic carbocycles. The Bertz CT molecular complexity index is 475. The Labute approximate surface area is 114 Å². The first-order valence-corrected chi connectivity index (χ1v) is 7.44. The second-order valence-electron chi connectivity index (χ2n) is 4.67. The van der Waals surface area contributed by atoms with Crippen LogP contribution in [0.5, 0.6) is 0 Å². The molecule has 1 aromatic heterocycles. The number of thiophene rings is 1. The zero-order valence-electron chi connectivity index (χ0n) is 11.3. The van der Waals surface area contributed by atoms with Crippen LogP contribution in [0.15, 0.2) is 41.8 Å². The number of aryl methyl sites for hydroxylation is 1. The Morgan fingerprint density at radius 2 is 1.89 bits per heavy atom. The van der Waals surface area contributed by atoms with Crippen molar-refractivity contribution in [2.24, 2.45) is 0 Å². The van der Waals surface area contributed by atoms with Gasteiger partial charge < -0.3 is 5.32 Å². The van der Waals surface area contributed by atoms with E-state index in [0.29, 0.717) is 12.0 Å². The first-order valence-electron chi connectivity index (χ1n) is 6.56. The Morgan fingerprint density at radius 1 is 1.17 bits per heavy atom. The largest absolute Gasteiger partial charge is 0.310 e. The first-order chi connectivity index (χ1) is 8.74. The molecule has 2 rings (SSSR count). The highest BCUT2D eigenvalue weighted by molar-refractivity contribution is 7.10. The Balaban J connectivity index is 2.28. The van der Waals surface area contributed by atoms with Crippen molar-refractivity contribution in [3.05, 3.63) is 57.8 Å². The van der Waals surface area contributed by atoms with E-state index in [2.05, 4.69) is 67.9 Å². The SMILES string of the molecule is CCNC(c1ccsc1C)C(C)c1ccccc1. The summed E-state index contributed by atoms with van der Waals surface area (Å²) in [6, 6.07) is 13.4. The maximum absolute atomic E-state index is 3.63. The molecule has 96 valence electrons. The minimum Gasteiger partial charge on any atom is -0.310 e. The van der Waals surface area contributed by atoms with Crippen LogP contribution < -0.4 is 5.32 Å². The zero-order valence-corrected chi connectivity index (χ0v) is 12.1. The number of benzene rings is 1. The maximum atomic E-state index is 3.63. The Kier molecular flexibility index (Phi) is 4.56. The summed E-state index contributed by atoms with van der Waals surface area (Å²) in [6.07, 6.45) is 0. The van der Waals surface area contributed by atoms with Crippen LogP contribution in [0.3, 0.4) is 0 Å². The van der Waals surface area contributed by atoms with Crippen molar-refractivity contribution in [3.63, 3.8) is 0 Å². The van der Waals surface area contributed by atoms with E-state index in [9.17, 15) is 0 Å². The lowest BCUT2D eigenvalue weighted by atomic mass is 9.89. The highest BCUT2D eigenvalue weighted by atomic mass is 32.1. The Hall–Kier alpha value is -1.12. The summed E-state index contributed by atoms with van der Waals surface area (Å²) >= 11 is 1.83. The highest BCUT2D eigenvalue weighted by Gasteiger charge is 2.21. The van der Waals surface area contributed by atoms with Crippen molar-refractivity contribution in [1.82, 2.24) is 5.32 Å². The van der Waals surface area contributed by atoms with Crippen LogP contribution in [0.1, 0.15) is 41.8 Å². The molecule has 1 heterocycles. The lowest BCUT2D eigenvalue weighted by molar-refractivity contribution is 0.479. The van der Waals surface area contributed by atoms with E-state index in [1.165, 1.54) is 16.0 Å². The van der Waals surface area contributed by atoms with Gasteiger partial charge in [0.1, 0.15) is 0 Å². The normalized spacial score (nSPS) is 14.4. The molecule has 0 radical (unpaired) electrons. The van der Waals surface area contributed by atoms with E-state index >= 15 is 0 Å². The molecule has 1 N–H and O–H groups in total. The fourth-order valence-electron chi connectivity index (χ4n) is 2.44. The molecule has 0 saturated carbocycles. The molecular formula is C16H21NS. The fourth-order valence-corrected chi connectivity index (χ4v) is 3.19. The molecule has 2 atom stereocenters. The Morgan fingerprint density at radius 3 is 2.44 bits per heavy atom. The van der Waals surface area contributed by atoms with Gasteiger partial charge in [0.25, 0.3) is 0 Å². The van der Waals surface area contributed by atoms with E-state index in [0.717, 1.165) is 6.54 Å². The summed E-state index contributed by atoms with van der Waals surface area (Å²) in [5.74, 6) is 0.486. The van der Waals surface area contributed by atoms with Gasteiger partial charge in [0, 0.05) is 16.8 Å². The number of nitrogens with one attached hydrogen (secondary N) is 1. The van der Waals surface area contributed by atoms with Crippen LogP contribution in [0.25, 0.3) is 0 Å². The third-order valence-electron chi connectivity index (χ3n) is 3.48. The molecule has 2 aromatic rings. The van der Waals surface area contributed by atoms with Crippen LogP contribution in [0.4, 0.5) is 0 Å². The molecule has 18 heavy (non-hydrogen) atoms. The van der Waals surface area contributed by atoms with E-state index < -0.39 is 0 Å². The summed E-state index contributed by atoms with van der Waals surface area (Å²) in [7, 11) is 0. The number of hydrogen-bond donors (Lipinski definition) is 1. The van der Waals surface area contributed by atoms with Crippen molar-refractivity contribution in [2.45, 2.75) is 32.7 Å². The molecule has 0 fully saturated rings. The molecule has 2 heteroatoms. The summed E-state index contributed by atoms with van der Waals surface area (Å²) < 4.78 is 0. The van der Waals surface area contributed by atoms with E-state index in [1.807, 2.05) is 11.3 Å². The van der Waals surface area contributed by atoms with Gasteiger partial charge in [-0.1, -0.05) is 44.2 Å². The minimum atomic E-state index is 0.406. The molecule has 0 bridgehead atoms. The number of likely N-dealkylation sites (N-methyl/N-ethyl adjacent to an activating group) is 1. The average molecular weight is 259 g/mol. The molecule has 0 aliphatic heterocycles. The van der Waals surface area contributed by atoms with Crippen molar-refractivity contribution in [1.29, 1.82) is 0 Å². The number of hydrogen-bond acceptors (Lipinski definition) is 2. The standard InChI is InChI=1S/C16H21NS/c1-4-17-16(15-10-11-18-13(15)3)12(2)14-8-6-5-7-9-14/h5-12,16-17H,4H2,1-3H3. The molecule has 2 unspecified atom stereocenters. The predicted molar refractivity (Wildman–Crippen MR) is 80.3 cm³/mol. The average Bonchev–Trinajstić information content (AvgIpc) is 2.82. The van der Waals surface area contributed by atoms with Gasteiger partial charge in [0.05, 0.1) is 0 Å². The molecule has 0 saturated heterocycles. The molecule has 1 aromatic carbocycles. The van der Waals surface area contributed by atoms with Gasteiger partial charge in [-0.15, -0.1) is 11.3 Å². The van der Waals surface area contributed by atoms with Crippen molar-refractivity contribution >= 4 is 11.3 Å². The summed E-state index contributed by atoms with van der Waals surface area (Å²) in [6.45, 7) is 7.69. The predicted octanol–water partition coefficient (Wildman–Crippen LogP) is 4.51. The van der Waals surface area contributed by atoms with Crippen LogP contribution in [0, 0.1) is 6.92 Å². The number of rotatable bonds is 5. The quantitative estimate of drug-likeness (QED) is 0.833. The summed E-state index contributed by atoms with van der Waals surface area (Å²) in [5.41, 5.74) is 2.84. The van der Waals surface area contributed by atoms with Crippen LogP contribution in [0.2, 0.25) is 0 Å². The lowest BCUT2D eigenvalue weighted by Crippen LogP contribution is -2.25. The fraction of sp³-hybridized carbons (Fsp3) is 0.375. The first kappa shape index (κ1) is 13.3. The smallest absolute Gasteiger partial charge is 0.0397 e. The summed E-state index contributed by atoms with van der Waals surface area (Å²) in [5, 5.41) is 5.82. The lowest BCUT2D eigenvalue weighted by Gasteiger charge is -2.25. The van der Waals surface area contributed by atoms with Crippen molar-refractivity contribution in [2.75, 3.05) is 6.54 Å². The molecule has 0 spiro atoms. The molecule has 1 nitrogen and oxygen atoms in total. The van der Waals surface area contributed by atoms with Gasteiger partial charge in [-0.2, -0.15) is 0 Å². The van der Waals surface area contributed by atoms with Crippen LogP contribution in [-0.4, -0.2) is 6.54 Å². The van der Waals surface area contributed by atoms with Gasteiger partial charge >= 0.3 is 0 Å². The van der Waals surface area contributed by atoms with Gasteiger partial charge in [0.15, 0.2) is 0 Å². The van der Waals surface area contributed by atoms with E-state index in [-0.39, 0.29) is 0 Å². The summed E-state index contributed by atoms with van der Waals surface area (Å²) in [4.78, 5) is 1.42. The minimum absolute atomic E-state index is 0.406. The van der Waals surface area contributed by atoms with E-state index in [1.54, 1.807) is 0 Å². The third-order valence-corrected chi connectivity index (χ3v) is 4.34. The second kappa shape index (κ2) is 6.17. The van der Waals surface area contributed by atoms with Crippen LogP contribution >= 0.6 is 11.3 Å². The monoisotopic (exact) mass is 259 g/mol. The topological polar surface area (TPSA) is 12.0 Å². The van der Waals surface area contributed by atoms with E-state index in [4.69, 9.17) is 0 Å². The second-order valence-corrected chi connectivity index (χ2v) is 5.79. The van der Waals surface area contributed by atoms with Crippen molar-refractivity contribution in [3.8, 4) is 0 Å². The third kappa shape index (κ3) is 2.82. The highest BCUT2D eigenvalue weighted by Crippen LogP contribution is 2.33. The van der Waals surface area contributed by atoms with Gasteiger partial charge in [0.2, 0.25) is 0 Å². The molecular weight excluding hydrogens is 238 g/mol.